The van der Waals surface area contributed by atoms with Crippen LogP contribution in [-0.4, -0.2) is 23.1 Å². The van der Waals surface area contributed by atoms with Crippen molar-refractivity contribution in [3.05, 3.63) is 23.8 Å². The van der Waals surface area contributed by atoms with Gasteiger partial charge in [-0.1, -0.05) is 19.9 Å². The maximum Gasteiger partial charge on any atom is 0.160 e. The molecule has 0 radical (unpaired) electrons. The second-order valence-electron chi connectivity index (χ2n) is 3.35. The molecule has 0 heterocycles. The van der Waals surface area contributed by atoms with Crippen molar-refractivity contribution in [2.45, 2.75) is 33.3 Å². The normalized spacial score (nSPS) is 11.1. The van der Waals surface area contributed by atoms with Gasteiger partial charge in [0.1, 0.15) is 5.78 Å². The Hall–Kier alpha value is -1.55. The van der Waals surface area contributed by atoms with E-state index in [9.17, 15) is 15.0 Å². The molecule has 0 fully saturated rings. The van der Waals surface area contributed by atoms with Gasteiger partial charge >= 0.3 is 0 Å². The number of aromatic hydroxyl groups is 1. The first-order valence-corrected chi connectivity index (χ1v) is 5.59. The van der Waals surface area contributed by atoms with Crippen LogP contribution >= 0.6 is 0 Å². The monoisotopic (exact) mass is 240 g/mol. The number of rotatable bonds is 4. The third-order valence-electron chi connectivity index (χ3n) is 2.07. The van der Waals surface area contributed by atoms with Crippen LogP contribution in [0.25, 0.3) is 0 Å². The summed E-state index contributed by atoms with van der Waals surface area (Å²) in [6, 6.07) is 4.51. The molecule has 4 heteroatoms. The van der Waals surface area contributed by atoms with Gasteiger partial charge in [-0.2, -0.15) is 0 Å². The van der Waals surface area contributed by atoms with Crippen molar-refractivity contribution in [1.29, 1.82) is 0 Å². The number of phenols is 1. The Kier molecular flexibility index (Phi) is 6.98. The van der Waals surface area contributed by atoms with E-state index in [1.807, 2.05) is 13.8 Å². The summed E-state index contributed by atoms with van der Waals surface area (Å²) in [5.74, 6) is 0.209. The second-order valence-corrected chi connectivity index (χ2v) is 3.35. The van der Waals surface area contributed by atoms with Gasteiger partial charge in [0.15, 0.2) is 11.5 Å². The third kappa shape index (κ3) is 4.87. The lowest BCUT2D eigenvalue weighted by molar-refractivity contribution is -0.118. The molecule has 0 aliphatic rings. The second kappa shape index (κ2) is 7.68. The summed E-state index contributed by atoms with van der Waals surface area (Å²) in [5.41, 5.74) is 0.555. The maximum absolute atomic E-state index is 10.8. The Morgan fingerprint density at radius 1 is 1.41 bits per heavy atom. The highest BCUT2D eigenvalue weighted by atomic mass is 16.5. The van der Waals surface area contributed by atoms with Gasteiger partial charge < -0.3 is 14.9 Å². The Bertz CT molecular complexity index is 360. The first kappa shape index (κ1) is 15.4. The van der Waals surface area contributed by atoms with Crippen molar-refractivity contribution in [2.24, 2.45) is 0 Å². The molecule has 0 saturated carbocycles. The van der Waals surface area contributed by atoms with Gasteiger partial charge in [-0.15, -0.1) is 0 Å². The number of hydrogen-bond acceptors (Lipinski definition) is 4. The van der Waals surface area contributed by atoms with E-state index in [4.69, 9.17) is 4.74 Å². The summed E-state index contributed by atoms with van der Waals surface area (Å²) in [5, 5.41) is 19.0. The Morgan fingerprint density at radius 2 is 2.00 bits per heavy atom. The molecule has 1 aromatic carbocycles. The van der Waals surface area contributed by atoms with E-state index in [1.165, 1.54) is 26.2 Å². The van der Waals surface area contributed by atoms with Crippen LogP contribution in [0.2, 0.25) is 0 Å². The molecule has 1 unspecified atom stereocenters. The minimum absolute atomic E-state index is 0.0104. The number of Topliss-reactive ketones (excluding diaryl/α,β-unsaturated/α-hetero) is 1. The molecule has 1 rings (SSSR count). The molecule has 0 aromatic heterocycles. The van der Waals surface area contributed by atoms with Gasteiger partial charge in [-0.05, 0) is 24.6 Å². The fourth-order valence-corrected chi connectivity index (χ4v) is 1.29. The van der Waals surface area contributed by atoms with Crippen LogP contribution in [-0.2, 0) is 4.79 Å². The van der Waals surface area contributed by atoms with Crippen LogP contribution in [0.1, 0.15) is 38.9 Å². The largest absolute Gasteiger partial charge is 0.504 e. The van der Waals surface area contributed by atoms with E-state index in [2.05, 4.69) is 0 Å². The number of aliphatic hydroxyl groups excluding tert-OH is 1. The molecule has 1 aromatic rings. The van der Waals surface area contributed by atoms with Gasteiger partial charge in [-0.25, -0.2) is 0 Å². The number of aliphatic hydroxyl groups is 1. The van der Waals surface area contributed by atoms with Gasteiger partial charge in [0.05, 0.1) is 13.2 Å². The zero-order valence-electron chi connectivity index (χ0n) is 10.7. The molecule has 4 nitrogen and oxygen atoms in total. The number of phenolic OH excluding ortho intramolecular Hbond substituents is 1. The van der Waals surface area contributed by atoms with Crippen molar-refractivity contribution in [1.82, 2.24) is 0 Å². The molecule has 96 valence electrons. The standard InChI is InChI=1S/C11H14O4.C2H6/c1-7(12)5-10(14)8-3-4-9(13)11(6-8)15-2;1-2/h3-4,6,10,13-14H,5H2,1-2H3;1-2H3. The predicted molar refractivity (Wildman–Crippen MR) is 66.3 cm³/mol. The topological polar surface area (TPSA) is 66.8 Å². The van der Waals surface area contributed by atoms with Crippen molar-refractivity contribution < 1.29 is 19.7 Å². The summed E-state index contributed by atoms with van der Waals surface area (Å²) in [7, 11) is 1.43. The van der Waals surface area contributed by atoms with E-state index in [-0.39, 0.29) is 23.7 Å². The van der Waals surface area contributed by atoms with Gasteiger partial charge in [0.2, 0.25) is 0 Å². The van der Waals surface area contributed by atoms with Gasteiger partial charge in [-0.3, -0.25) is 4.79 Å². The van der Waals surface area contributed by atoms with Crippen LogP contribution in [0, 0.1) is 0 Å². The highest BCUT2D eigenvalue weighted by molar-refractivity contribution is 5.76. The van der Waals surface area contributed by atoms with Crippen LogP contribution in [0.5, 0.6) is 11.5 Å². The van der Waals surface area contributed by atoms with Crippen molar-refractivity contribution in [3.63, 3.8) is 0 Å². The predicted octanol–water partition coefficient (Wildman–Crippen LogP) is 2.44. The van der Waals surface area contributed by atoms with Crippen LogP contribution in [0.4, 0.5) is 0 Å². The molecule has 2 N–H and O–H groups in total. The number of ketones is 1. The molecular formula is C13H20O4. The molecular weight excluding hydrogens is 220 g/mol. The van der Waals surface area contributed by atoms with E-state index in [0.717, 1.165) is 0 Å². The number of hydrogen-bond donors (Lipinski definition) is 2. The van der Waals surface area contributed by atoms with Crippen LogP contribution in [0.15, 0.2) is 18.2 Å². The highest BCUT2D eigenvalue weighted by Crippen LogP contribution is 2.29. The first-order valence-electron chi connectivity index (χ1n) is 5.59. The van der Waals surface area contributed by atoms with E-state index < -0.39 is 6.10 Å². The van der Waals surface area contributed by atoms with Crippen molar-refractivity contribution in [2.75, 3.05) is 7.11 Å². The minimum atomic E-state index is -0.850. The fraction of sp³-hybridized carbons (Fsp3) is 0.462. The third-order valence-corrected chi connectivity index (χ3v) is 2.07. The Morgan fingerprint density at radius 3 is 2.47 bits per heavy atom. The fourth-order valence-electron chi connectivity index (χ4n) is 1.29. The van der Waals surface area contributed by atoms with E-state index >= 15 is 0 Å². The number of ether oxygens (including phenoxy) is 1. The summed E-state index contributed by atoms with van der Waals surface area (Å²) in [6.45, 7) is 5.42. The maximum atomic E-state index is 10.8. The SMILES string of the molecule is CC.COc1cc(C(O)CC(C)=O)ccc1O. The lowest BCUT2D eigenvalue weighted by Gasteiger charge is -2.11. The Balaban J connectivity index is 0.00000121. The zero-order chi connectivity index (χ0) is 13.4. The van der Waals surface area contributed by atoms with Crippen molar-refractivity contribution in [3.8, 4) is 11.5 Å². The molecule has 0 bridgehead atoms. The van der Waals surface area contributed by atoms with Crippen molar-refractivity contribution >= 4 is 5.78 Å². The molecule has 0 spiro atoms. The van der Waals surface area contributed by atoms with Gasteiger partial charge in [0, 0.05) is 6.42 Å². The molecule has 0 aliphatic carbocycles. The number of benzene rings is 1. The Labute approximate surface area is 102 Å². The number of carbonyl (C=O) groups is 1. The lowest BCUT2D eigenvalue weighted by Crippen LogP contribution is -2.03. The highest BCUT2D eigenvalue weighted by Gasteiger charge is 2.12. The molecule has 0 aliphatic heterocycles. The molecule has 1 atom stereocenters. The summed E-state index contributed by atoms with van der Waals surface area (Å²) >= 11 is 0. The van der Waals surface area contributed by atoms with E-state index in [0.29, 0.717) is 5.56 Å². The number of carbonyl (C=O) groups excluding carboxylic acids is 1. The smallest absolute Gasteiger partial charge is 0.160 e. The van der Waals surface area contributed by atoms with Crippen LogP contribution < -0.4 is 4.74 Å². The molecule has 0 saturated heterocycles. The minimum Gasteiger partial charge on any atom is -0.504 e. The average molecular weight is 240 g/mol. The molecule has 0 amide bonds. The lowest BCUT2D eigenvalue weighted by atomic mass is 10.0. The van der Waals surface area contributed by atoms with E-state index in [1.54, 1.807) is 6.07 Å². The summed E-state index contributed by atoms with van der Waals surface area (Å²) in [6.07, 6.45) is -0.787. The number of methoxy groups -OCH3 is 1. The zero-order valence-corrected chi connectivity index (χ0v) is 10.7. The average Bonchev–Trinajstić information content (AvgIpc) is 2.31. The first-order chi connectivity index (χ1) is 8.04. The summed E-state index contributed by atoms with van der Waals surface area (Å²) in [4.78, 5) is 10.8. The summed E-state index contributed by atoms with van der Waals surface area (Å²) < 4.78 is 4.89. The molecule has 17 heavy (non-hydrogen) atoms. The van der Waals surface area contributed by atoms with Crippen LogP contribution in [0.3, 0.4) is 0 Å². The quantitative estimate of drug-likeness (QED) is 0.848. The van der Waals surface area contributed by atoms with Gasteiger partial charge in [0.25, 0.3) is 0 Å².